The normalized spacial score (nSPS) is 11.0. The second-order valence-electron chi connectivity index (χ2n) is 4.90. The second-order valence-corrected chi connectivity index (χ2v) is 5.34. The predicted molar refractivity (Wildman–Crippen MR) is 93.1 cm³/mol. The molecule has 0 unspecified atom stereocenters. The van der Waals surface area contributed by atoms with Crippen molar-refractivity contribution in [2.24, 2.45) is 5.73 Å². The Labute approximate surface area is 131 Å². The molecule has 21 heavy (non-hydrogen) atoms. The number of likely N-dealkylation sites (N-methyl/N-ethyl adjacent to an activating group) is 1. The van der Waals surface area contributed by atoms with Crippen LogP contribution in [0.15, 0.2) is 36.4 Å². The molecule has 0 fully saturated rings. The molecule has 112 valence electrons. The van der Waals surface area contributed by atoms with Gasteiger partial charge < -0.3 is 15.4 Å². The van der Waals surface area contributed by atoms with Crippen LogP contribution in [0, 0.1) is 0 Å². The lowest BCUT2D eigenvalue weighted by molar-refractivity contribution is 0.223. The summed E-state index contributed by atoms with van der Waals surface area (Å²) in [5.41, 5.74) is 6.74. The maximum atomic E-state index is 5.93. The summed E-state index contributed by atoms with van der Waals surface area (Å²) >= 11 is 5.21. The summed E-state index contributed by atoms with van der Waals surface area (Å²) in [5.74, 6) is 0.772. The number of benzene rings is 2. The van der Waals surface area contributed by atoms with Crippen LogP contribution in [0.25, 0.3) is 10.8 Å². The van der Waals surface area contributed by atoms with Crippen LogP contribution in [0.2, 0.25) is 0 Å². The van der Waals surface area contributed by atoms with Crippen LogP contribution < -0.4 is 10.5 Å². The van der Waals surface area contributed by atoms with Crippen LogP contribution >= 0.6 is 12.2 Å². The molecule has 0 bridgehead atoms. The Kier molecular flexibility index (Phi) is 5.53. The van der Waals surface area contributed by atoms with Gasteiger partial charge in [0.1, 0.15) is 17.3 Å². The highest BCUT2D eigenvalue weighted by molar-refractivity contribution is 7.80. The minimum absolute atomic E-state index is 0.379. The van der Waals surface area contributed by atoms with Crippen molar-refractivity contribution in [2.45, 2.75) is 13.8 Å². The van der Waals surface area contributed by atoms with Gasteiger partial charge in [-0.2, -0.15) is 0 Å². The topological polar surface area (TPSA) is 38.5 Å². The van der Waals surface area contributed by atoms with Crippen LogP contribution in [0.4, 0.5) is 0 Å². The van der Waals surface area contributed by atoms with E-state index >= 15 is 0 Å². The number of nitrogens with zero attached hydrogens (tertiary/aromatic N) is 1. The molecule has 0 saturated carbocycles. The standard InChI is InChI=1S/C17H22N2OS/c1-3-19(4-2)11-12-20-15-10-9-13-7-5-6-8-14(13)16(15)17(18)21/h5-10H,3-4,11-12H2,1-2H3,(H2,18,21). The van der Waals surface area contributed by atoms with E-state index < -0.39 is 0 Å². The van der Waals surface area contributed by atoms with Crippen LogP contribution in [-0.4, -0.2) is 36.1 Å². The molecule has 0 radical (unpaired) electrons. The zero-order valence-corrected chi connectivity index (χ0v) is 13.5. The molecule has 4 heteroatoms. The van der Waals surface area contributed by atoms with Gasteiger partial charge in [0.15, 0.2) is 0 Å². The van der Waals surface area contributed by atoms with Crippen molar-refractivity contribution >= 4 is 28.0 Å². The zero-order chi connectivity index (χ0) is 15.2. The molecule has 2 aromatic rings. The van der Waals surface area contributed by atoms with E-state index in [0.717, 1.165) is 41.7 Å². The molecule has 0 aliphatic carbocycles. The quantitative estimate of drug-likeness (QED) is 0.797. The van der Waals surface area contributed by atoms with E-state index in [1.54, 1.807) is 0 Å². The summed E-state index contributed by atoms with van der Waals surface area (Å²) in [4.78, 5) is 2.70. The first-order valence-corrected chi connectivity index (χ1v) is 7.74. The molecule has 3 nitrogen and oxygen atoms in total. The van der Waals surface area contributed by atoms with Crippen molar-refractivity contribution in [1.82, 2.24) is 4.90 Å². The van der Waals surface area contributed by atoms with Gasteiger partial charge in [-0.1, -0.05) is 56.4 Å². The SMILES string of the molecule is CCN(CC)CCOc1ccc2ccccc2c1C(N)=S. The van der Waals surface area contributed by atoms with Crippen LogP contribution in [0.3, 0.4) is 0 Å². The Morgan fingerprint density at radius 1 is 1.14 bits per heavy atom. The Balaban J connectivity index is 2.23. The Hall–Kier alpha value is -1.65. The monoisotopic (exact) mass is 302 g/mol. The molecule has 0 aliphatic heterocycles. The zero-order valence-electron chi connectivity index (χ0n) is 12.6. The van der Waals surface area contributed by atoms with Crippen LogP contribution in [0.5, 0.6) is 5.75 Å². The first-order chi connectivity index (χ1) is 10.2. The summed E-state index contributed by atoms with van der Waals surface area (Å²) in [6.07, 6.45) is 0. The lowest BCUT2D eigenvalue weighted by Crippen LogP contribution is -2.28. The number of fused-ring (bicyclic) bond motifs is 1. The molecule has 2 rings (SSSR count). The average molecular weight is 302 g/mol. The van der Waals surface area contributed by atoms with E-state index in [-0.39, 0.29) is 0 Å². The van der Waals surface area contributed by atoms with Gasteiger partial charge in [0.2, 0.25) is 0 Å². The number of hydrogen-bond acceptors (Lipinski definition) is 3. The molecule has 0 spiro atoms. The fourth-order valence-electron chi connectivity index (χ4n) is 2.45. The van der Waals surface area contributed by atoms with E-state index in [4.69, 9.17) is 22.7 Å². The van der Waals surface area contributed by atoms with E-state index in [9.17, 15) is 0 Å². The van der Waals surface area contributed by atoms with Crippen molar-refractivity contribution in [1.29, 1.82) is 0 Å². The van der Waals surface area contributed by atoms with Crippen molar-refractivity contribution in [3.8, 4) is 5.75 Å². The number of ether oxygens (including phenoxy) is 1. The first kappa shape index (κ1) is 15.7. The first-order valence-electron chi connectivity index (χ1n) is 7.34. The van der Waals surface area contributed by atoms with Gasteiger partial charge in [-0.15, -0.1) is 0 Å². The summed E-state index contributed by atoms with van der Waals surface area (Å²) in [5, 5.41) is 2.17. The highest BCUT2D eigenvalue weighted by Gasteiger charge is 2.11. The van der Waals surface area contributed by atoms with Crippen molar-refractivity contribution in [3.63, 3.8) is 0 Å². The Morgan fingerprint density at radius 3 is 2.52 bits per heavy atom. The fourth-order valence-corrected chi connectivity index (χ4v) is 2.66. The summed E-state index contributed by atoms with van der Waals surface area (Å²) in [7, 11) is 0. The third-order valence-corrected chi connectivity index (χ3v) is 3.90. The van der Waals surface area contributed by atoms with Gasteiger partial charge in [-0.3, -0.25) is 0 Å². The highest BCUT2D eigenvalue weighted by Crippen LogP contribution is 2.28. The largest absolute Gasteiger partial charge is 0.491 e. The average Bonchev–Trinajstić information content (AvgIpc) is 2.50. The maximum Gasteiger partial charge on any atom is 0.130 e. The molecule has 0 heterocycles. The number of rotatable bonds is 7. The van der Waals surface area contributed by atoms with E-state index in [0.29, 0.717) is 11.6 Å². The van der Waals surface area contributed by atoms with Gasteiger partial charge in [0, 0.05) is 6.54 Å². The fraction of sp³-hybridized carbons (Fsp3) is 0.353. The summed E-state index contributed by atoms with van der Waals surface area (Å²) in [6.45, 7) is 7.89. The van der Waals surface area contributed by atoms with Crippen molar-refractivity contribution < 1.29 is 4.74 Å². The molecule has 0 saturated heterocycles. The van der Waals surface area contributed by atoms with Gasteiger partial charge in [-0.05, 0) is 29.9 Å². The van der Waals surface area contributed by atoms with Gasteiger partial charge in [0.25, 0.3) is 0 Å². The summed E-state index contributed by atoms with van der Waals surface area (Å²) in [6, 6.07) is 12.1. The Morgan fingerprint density at radius 2 is 1.86 bits per heavy atom. The molecule has 0 aliphatic rings. The van der Waals surface area contributed by atoms with Gasteiger partial charge >= 0.3 is 0 Å². The number of hydrogen-bond donors (Lipinski definition) is 1. The lowest BCUT2D eigenvalue weighted by atomic mass is 10.0. The number of thiocarbonyl (C=S) groups is 1. The van der Waals surface area contributed by atoms with E-state index in [1.165, 1.54) is 0 Å². The third-order valence-electron chi connectivity index (χ3n) is 3.70. The van der Waals surface area contributed by atoms with Crippen molar-refractivity contribution in [2.75, 3.05) is 26.2 Å². The molecular weight excluding hydrogens is 280 g/mol. The summed E-state index contributed by atoms with van der Waals surface area (Å²) < 4.78 is 5.93. The van der Waals surface area contributed by atoms with Crippen molar-refractivity contribution in [3.05, 3.63) is 42.0 Å². The molecule has 2 aromatic carbocycles. The minimum atomic E-state index is 0.379. The predicted octanol–water partition coefficient (Wildman–Crippen LogP) is 3.19. The molecule has 2 N–H and O–H groups in total. The van der Waals surface area contributed by atoms with Gasteiger partial charge in [-0.25, -0.2) is 0 Å². The highest BCUT2D eigenvalue weighted by atomic mass is 32.1. The van der Waals surface area contributed by atoms with E-state index in [2.05, 4.69) is 24.8 Å². The maximum absolute atomic E-state index is 5.93. The minimum Gasteiger partial charge on any atom is -0.491 e. The Bertz CT molecular complexity index is 623. The smallest absolute Gasteiger partial charge is 0.130 e. The number of nitrogens with two attached hydrogens (primary N) is 1. The lowest BCUT2D eigenvalue weighted by Gasteiger charge is -2.19. The van der Waals surface area contributed by atoms with Crippen LogP contribution in [0.1, 0.15) is 19.4 Å². The molecule has 0 amide bonds. The van der Waals surface area contributed by atoms with Gasteiger partial charge in [0.05, 0.1) is 5.56 Å². The molecule has 0 atom stereocenters. The molecule has 0 aromatic heterocycles. The van der Waals surface area contributed by atoms with Crippen LogP contribution in [-0.2, 0) is 0 Å². The van der Waals surface area contributed by atoms with E-state index in [1.807, 2.05) is 30.3 Å². The third kappa shape index (κ3) is 3.71. The second kappa shape index (κ2) is 7.38. The molecular formula is C17H22N2OS.